The molecule has 4 heteroatoms. The lowest BCUT2D eigenvalue weighted by molar-refractivity contribution is -0.122. The Morgan fingerprint density at radius 1 is 1.11 bits per heavy atom. The Bertz CT molecular complexity index is 540. The largest absolute Gasteiger partial charge is 0.350 e. The summed E-state index contributed by atoms with van der Waals surface area (Å²) in [5, 5.41) is 2.84. The van der Waals surface area contributed by atoms with E-state index in [1.54, 1.807) is 0 Å². The number of hydrogen-bond donors (Lipinski definition) is 2. The molecule has 0 saturated heterocycles. The van der Waals surface area contributed by atoms with E-state index in [4.69, 9.17) is 5.73 Å². The highest BCUT2D eigenvalue weighted by Gasteiger charge is 2.14. The summed E-state index contributed by atoms with van der Waals surface area (Å²) in [5.74, 6) is -0.172. The molecule has 0 heterocycles. The Kier molecular flexibility index (Phi) is 4.71. The molecule has 1 amide bonds. The zero-order valence-corrected chi connectivity index (χ0v) is 11.9. The van der Waals surface area contributed by atoms with Gasteiger partial charge in [0.2, 0.25) is 5.91 Å². The van der Waals surface area contributed by atoms with Crippen LogP contribution in [0.4, 0.5) is 0 Å². The number of carbonyl (C=O) groups excluding carboxylic acids is 1. The third kappa shape index (κ3) is 3.91. The van der Waals surface area contributed by atoms with Gasteiger partial charge in [-0.1, -0.05) is 58.4 Å². The van der Waals surface area contributed by atoms with Crippen LogP contribution in [0.2, 0.25) is 0 Å². The van der Waals surface area contributed by atoms with Gasteiger partial charge >= 0.3 is 0 Å². The topological polar surface area (TPSA) is 55.1 Å². The van der Waals surface area contributed by atoms with E-state index < -0.39 is 6.04 Å². The minimum Gasteiger partial charge on any atom is -0.350 e. The first-order valence-corrected chi connectivity index (χ1v) is 6.79. The Morgan fingerprint density at radius 3 is 2.37 bits per heavy atom. The van der Waals surface area contributed by atoms with E-state index >= 15 is 0 Å². The second-order valence-electron chi connectivity index (χ2n) is 4.23. The van der Waals surface area contributed by atoms with Gasteiger partial charge in [0.05, 0.1) is 0 Å². The van der Waals surface area contributed by atoms with Gasteiger partial charge in [0, 0.05) is 11.0 Å². The molecule has 0 saturated carbocycles. The van der Waals surface area contributed by atoms with E-state index in [1.165, 1.54) is 0 Å². The normalized spacial score (nSPS) is 11.9. The van der Waals surface area contributed by atoms with Gasteiger partial charge in [-0.25, -0.2) is 0 Å². The van der Waals surface area contributed by atoms with Crippen LogP contribution in [0.5, 0.6) is 0 Å². The molecule has 3 nitrogen and oxygen atoms in total. The van der Waals surface area contributed by atoms with E-state index in [-0.39, 0.29) is 5.91 Å². The molecule has 0 radical (unpaired) electrons. The first kappa shape index (κ1) is 13.8. The molecule has 0 fully saturated rings. The molecule has 0 aliphatic heterocycles. The average Bonchev–Trinajstić information content (AvgIpc) is 2.46. The van der Waals surface area contributed by atoms with Crippen molar-refractivity contribution in [3.05, 3.63) is 70.2 Å². The lowest BCUT2D eigenvalue weighted by atomic mass is 10.1. The Labute approximate surface area is 121 Å². The third-order valence-corrected chi connectivity index (χ3v) is 3.35. The van der Waals surface area contributed by atoms with Crippen LogP contribution < -0.4 is 11.1 Å². The molecular formula is C15H15BrN2O. The van der Waals surface area contributed by atoms with Crippen molar-refractivity contribution in [1.82, 2.24) is 5.32 Å². The quantitative estimate of drug-likeness (QED) is 0.910. The molecule has 2 rings (SSSR count). The third-order valence-electron chi connectivity index (χ3n) is 2.82. The van der Waals surface area contributed by atoms with Crippen LogP contribution in [-0.2, 0) is 11.3 Å². The van der Waals surface area contributed by atoms with Crippen LogP contribution in [0.3, 0.4) is 0 Å². The molecule has 1 atom stereocenters. The first-order chi connectivity index (χ1) is 9.16. The second kappa shape index (κ2) is 6.50. The summed E-state index contributed by atoms with van der Waals surface area (Å²) in [5.41, 5.74) is 7.76. The van der Waals surface area contributed by atoms with Crippen LogP contribution in [0.1, 0.15) is 17.2 Å². The Balaban J connectivity index is 1.93. The Morgan fingerprint density at radius 2 is 1.74 bits per heavy atom. The maximum atomic E-state index is 11.9. The summed E-state index contributed by atoms with van der Waals surface area (Å²) in [4.78, 5) is 11.9. The number of nitrogens with one attached hydrogen (secondary N) is 1. The van der Waals surface area contributed by atoms with Gasteiger partial charge < -0.3 is 11.1 Å². The van der Waals surface area contributed by atoms with Crippen molar-refractivity contribution < 1.29 is 4.79 Å². The maximum absolute atomic E-state index is 11.9. The first-order valence-electron chi connectivity index (χ1n) is 5.99. The predicted molar refractivity (Wildman–Crippen MR) is 79.4 cm³/mol. The summed E-state index contributed by atoms with van der Waals surface area (Å²) in [6.07, 6.45) is 0. The highest BCUT2D eigenvalue weighted by Crippen LogP contribution is 2.12. The van der Waals surface area contributed by atoms with E-state index in [0.717, 1.165) is 15.6 Å². The van der Waals surface area contributed by atoms with Gasteiger partial charge in [-0.05, 0) is 23.3 Å². The molecular weight excluding hydrogens is 304 g/mol. The fourth-order valence-electron chi connectivity index (χ4n) is 1.71. The average molecular weight is 319 g/mol. The number of amides is 1. The standard InChI is InChI=1S/C15H15BrN2O/c16-13-8-6-11(7-9-13)10-18-15(19)14(17)12-4-2-1-3-5-12/h1-9,14H,10,17H2,(H,18,19)/t14-/m1/s1. The van der Waals surface area contributed by atoms with Crippen molar-refractivity contribution in [2.45, 2.75) is 12.6 Å². The highest BCUT2D eigenvalue weighted by molar-refractivity contribution is 9.10. The van der Waals surface area contributed by atoms with Crippen molar-refractivity contribution in [3.63, 3.8) is 0 Å². The molecule has 0 aromatic heterocycles. The number of rotatable bonds is 4. The molecule has 0 aliphatic rings. The van der Waals surface area contributed by atoms with Crippen molar-refractivity contribution in [2.24, 2.45) is 5.73 Å². The van der Waals surface area contributed by atoms with Crippen molar-refractivity contribution >= 4 is 21.8 Å². The van der Waals surface area contributed by atoms with Gasteiger partial charge in [0.25, 0.3) is 0 Å². The number of carbonyl (C=O) groups is 1. The molecule has 19 heavy (non-hydrogen) atoms. The summed E-state index contributed by atoms with van der Waals surface area (Å²) >= 11 is 3.37. The summed E-state index contributed by atoms with van der Waals surface area (Å²) < 4.78 is 1.02. The number of halogens is 1. The van der Waals surface area contributed by atoms with Gasteiger partial charge in [0.1, 0.15) is 6.04 Å². The lowest BCUT2D eigenvalue weighted by Gasteiger charge is -2.12. The smallest absolute Gasteiger partial charge is 0.241 e. The molecule has 0 aliphatic carbocycles. The fourth-order valence-corrected chi connectivity index (χ4v) is 1.98. The SMILES string of the molecule is N[C@@H](C(=O)NCc1ccc(Br)cc1)c1ccccc1. The van der Waals surface area contributed by atoms with Crippen LogP contribution in [0.15, 0.2) is 59.1 Å². The molecule has 2 aromatic carbocycles. The van der Waals surface area contributed by atoms with Crippen LogP contribution >= 0.6 is 15.9 Å². The zero-order valence-electron chi connectivity index (χ0n) is 10.3. The molecule has 2 aromatic rings. The number of benzene rings is 2. The van der Waals surface area contributed by atoms with E-state index in [0.29, 0.717) is 6.54 Å². The molecule has 3 N–H and O–H groups in total. The molecule has 98 valence electrons. The van der Waals surface area contributed by atoms with Crippen molar-refractivity contribution in [2.75, 3.05) is 0 Å². The van der Waals surface area contributed by atoms with Crippen LogP contribution in [-0.4, -0.2) is 5.91 Å². The summed E-state index contributed by atoms with van der Waals surface area (Å²) in [7, 11) is 0. The van der Waals surface area contributed by atoms with Gasteiger partial charge in [0.15, 0.2) is 0 Å². The van der Waals surface area contributed by atoms with Crippen molar-refractivity contribution in [1.29, 1.82) is 0 Å². The van der Waals surface area contributed by atoms with E-state index in [1.807, 2.05) is 54.6 Å². The predicted octanol–water partition coefficient (Wildman–Crippen LogP) is 2.77. The minimum atomic E-state index is -0.628. The molecule has 0 bridgehead atoms. The monoisotopic (exact) mass is 318 g/mol. The summed E-state index contributed by atoms with van der Waals surface area (Å²) in [6, 6.07) is 16.5. The van der Waals surface area contributed by atoms with Crippen LogP contribution in [0, 0.1) is 0 Å². The van der Waals surface area contributed by atoms with Crippen LogP contribution in [0.25, 0.3) is 0 Å². The van der Waals surface area contributed by atoms with E-state index in [2.05, 4.69) is 21.2 Å². The minimum absolute atomic E-state index is 0.172. The van der Waals surface area contributed by atoms with Gasteiger partial charge in [-0.15, -0.1) is 0 Å². The van der Waals surface area contributed by atoms with Gasteiger partial charge in [-0.2, -0.15) is 0 Å². The number of nitrogens with two attached hydrogens (primary N) is 1. The van der Waals surface area contributed by atoms with Crippen molar-refractivity contribution in [3.8, 4) is 0 Å². The zero-order chi connectivity index (χ0) is 13.7. The Hall–Kier alpha value is -1.65. The molecule has 0 spiro atoms. The number of hydrogen-bond acceptors (Lipinski definition) is 2. The van der Waals surface area contributed by atoms with E-state index in [9.17, 15) is 4.79 Å². The maximum Gasteiger partial charge on any atom is 0.241 e. The fraction of sp³-hybridized carbons (Fsp3) is 0.133. The second-order valence-corrected chi connectivity index (χ2v) is 5.15. The molecule has 0 unspecified atom stereocenters. The highest BCUT2D eigenvalue weighted by atomic mass is 79.9. The summed E-state index contributed by atoms with van der Waals surface area (Å²) in [6.45, 7) is 0.479. The van der Waals surface area contributed by atoms with Gasteiger partial charge in [-0.3, -0.25) is 4.79 Å². The lowest BCUT2D eigenvalue weighted by Crippen LogP contribution is -2.33.